The molecule has 0 atom stereocenters. The van der Waals surface area contributed by atoms with Gasteiger partial charge < -0.3 is 15.0 Å². The molecule has 0 unspecified atom stereocenters. The van der Waals surface area contributed by atoms with Gasteiger partial charge in [-0.2, -0.15) is 0 Å². The summed E-state index contributed by atoms with van der Waals surface area (Å²) in [7, 11) is 0. The Bertz CT molecular complexity index is 702. The molecule has 8 heteroatoms. The normalized spacial score (nSPS) is 14.6. The first-order valence-corrected chi connectivity index (χ1v) is 7.51. The SMILES string of the molecule is O=[N+]([O-])c1ccc(Nc2ccc(N3CCOCC3)c(Cl)c2)nc1. The number of nitrogens with one attached hydrogen (secondary N) is 1. The van der Waals surface area contributed by atoms with E-state index >= 15 is 0 Å². The number of nitrogens with zero attached hydrogens (tertiary/aromatic N) is 3. The lowest BCUT2D eigenvalue weighted by atomic mass is 10.2. The third-order valence-corrected chi connectivity index (χ3v) is 3.83. The van der Waals surface area contributed by atoms with Crippen molar-refractivity contribution in [2.75, 3.05) is 36.5 Å². The van der Waals surface area contributed by atoms with Crippen LogP contribution in [-0.4, -0.2) is 36.2 Å². The number of hydrogen-bond donors (Lipinski definition) is 1. The second-order valence-electron chi connectivity index (χ2n) is 5.05. The standard InChI is InChI=1S/C15H15ClN4O3/c16-13-9-11(1-3-14(13)19-5-7-23-8-6-19)18-15-4-2-12(10-17-15)20(21)22/h1-4,9-10H,5-8H2,(H,17,18). The molecule has 0 saturated carbocycles. The number of nitro groups is 1. The first kappa shape index (κ1) is 15.5. The van der Waals surface area contributed by atoms with Crippen LogP contribution in [0.1, 0.15) is 0 Å². The van der Waals surface area contributed by atoms with Gasteiger partial charge in [-0.3, -0.25) is 10.1 Å². The van der Waals surface area contributed by atoms with Crippen molar-refractivity contribution >= 4 is 34.5 Å². The summed E-state index contributed by atoms with van der Waals surface area (Å²) in [5.41, 5.74) is 1.70. The molecule has 0 spiro atoms. The number of aromatic nitrogens is 1. The van der Waals surface area contributed by atoms with E-state index in [1.807, 2.05) is 18.2 Å². The quantitative estimate of drug-likeness (QED) is 0.683. The molecule has 7 nitrogen and oxygen atoms in total. The highest BCUT2D eigenvalue weighted by molar-refractivity contribution is 6.33. The number of rotatable bonds is 4. The monoisotopic (exact) mass is 334 g/mol. The lowest BCUT2D eigenvalue weighted by Crippen LogP contribution is -2.36. The number of halogens is 1. The molecule has 1 aromatic heterocycles. The van der Waals surface area contributed by atoms with Gasteiger partial charge in [0.25, 0.3) is 5.69 Å². The van der Waals surface area contributed by atoms with Gasteiger partial charge in [-0.15, -0.1) is 0 Å². The van der Waals surface area contributed by atoms with Gasteiger partial charge in [-0.1, -0.05) is 11.6 Å². The molecule has 0 radical (unpaired) electrons. The van der Waals surface area contributed by atoms with E-state index in [2.05, 4.69) is 15.2 Å². The van der Waals surface area contributed by atoms with E-state index in [-0.39, 0.29) is 5.69 Å². The molecule has 1 aliphatic heterocycles. The fourth-order valence-electron chi connectivity index (χ4n) is 2.36. The van der Waals surface area contributed by atoms with Crippen LogP contribution in [0, 0.1) is 10.1 Å². The molecule has 120 valence electrons. The van der Waals surface area contributed by atoms with Crippen LogP contribution in [0.15, 0.2) is 36.5 Å². The van der Waals surface area contributed by atoms with E-state index in [0.29, 0.717) is 24.1 Å². The van der Waals surface area contributed by atoms with Gasteiger partial charge >= 0.3 is 0 Å². The topological polar surface area (TPSA) is 80.5 Å². The summed E-state index contributed by atoms with van der Waals surface area (Å²) in [6, 6.07) is 8.62. The average molecular weight is 335 g/mol. The van der Waals surface area contributed by atoms with Crippen molar-refractivity contribution in [1.82, 2.24) is 4.98 Å². The molecule has 0 aliphatic carbocycles. The molecule has 1 aromatic carbocycles. The summed E-state index contributed by atoms with van der Waals surface area (Å²) in [4.78, 5) is 16.3. The largest absolute Gasteiger partial charge is 0.378 e. The molecular formula is C15H15ClN4O3. The number of pyridine rings is 1. The predicted octanol–water partition coefficient (Wildman–Crippen LogP) is 3.22. The fourth-order valence-corrected chi connectivity index (χ4v) is 2.66. The summed E-state index contributed by atoms with van der Waals surface area (Å²) < 4.78 is 5.34. The highest BCUT2D eigenvalue weighted by Crippen LogP contribution is 2.30. The number of anilines is 3. The third kappa shape index (κ3) is 3.69. The van der Waals surface area contributed by atoms with Gasteiger partial charge in [0.15, 0.2) is 0 Å². The van der Waals surface area contributed by atoms with Crippen molar-refractivity contribution in [3.63, 3.8) is 0 Å². The molecule has 23 heavy (non-hydrogen) atoms. The zero-order valence-electron chi connectivity index (χ0n) is 12.2. The minimum Gasteiger partial charge on any atom is -0.378 e. The van der Waals surface area contributed by atoms with Crippen LogP contribution < -0.4 is 10.2 Å². The zero-order valence-corrected chi connectivity index (χ0v) is 13.0. The summed E-state index contributed by atoms with van der Waals surface area (Å²) in [5, 5.41) is 14.3. The second-order valence-corrected chi connectivity index (χ2v) is 5.46. The summed E-state index contributed by atoms with van der Waals surface area (Å²) >= 11 is 6.36. The van der Waals surface area contributed by atoms with Crippen LogP contribution in [0.5, 0.6) is 0 Å². The highest BCUT2D eigenvalue weighted by Gasteiger charge is 2.14. The summed E-state index contributed by atoms with van der Waals surface area (Å²) in [6.07, 6.45) is 1.21. The van der Waals surface area contributed by atoms with Gasteiger partial charge in [0.1, 0.15) is 12.0 Å². The van der Waals surface area contributed by atoms with Crippen LogP contribution in [0.3, 0.4) is 0 Å². The number of morpholine rings is 1. The molecule has 2 aromatic rings. The molecular weight excluding hydrogens is 320 g/mol. The van der Waals surface area contributed by atoms with E-state index in [0.717, 1.165) is 24.5 Å². The van der Waals surface area contributed by atoms with E-state index in [4.69, 9.17) is 16.3 Å². The first-order chi connectivity index (χ1) is 11.1. The van der Waals surface area contributed by atoms with Crippen molar-refractivity contribution in [2.24, 2.45) is 0 Å². The Kier molecular flexibility index (Phi) is 4.59. The predicted molar refractivity (Wildman–Crippen MR) is 88.7 cm³/mol. The Labute approximate surface area is 138 Å². The van der Waals surface area contributed by atoms with Crippen molar-refractivity contribution in [1.29, 1.82) is 0 Å². The van der Waals surface area contributed by atoms with E-state index in [9.17, 15) is 10.1 Å². The molecule has 1 fully saturated rings. The second kappa shape index (κ2) is 6.80. The molecule has 0 bridgehead atoms. The lowest BCUT2D eigenvalue weighted by molar-refractivity contribution is -0.385. The van der Waals surface area contributed by atoms with E-state index < -0.39 is 4.92 Å². The van der Waals surface area contributed by atoms with Crippen LogP contribution >= 0.6 is 11.6 Å². The van der Waals surface area contributed by atoms with Crippen molar-refractivity contribution in [3.05, 3.63) is 51.7 Å². The Hall–Kier alpha value is -2.38. The maximum atomic E-state index is 10.6. The Morgan fingerprint density at radius 1 is 1.26 bits per heavy atom. The van der Waals surface area contributed by atoms with Crippen molar-refractivity contribution in [2.45, 2.75) is 0 Å². The van der Waals surface area contributed by atoms with Gasteiger partial charge in [0.05, 0.1) is 28.8 Å². The molecule has 3 rings (SSSR count). The number of benzene rings is 1. The number of hydrogen-bond acceptors (Lipinski definition) is 6. The average Bonchev–Trinajstić information content (AvgIpc) is 2.56. The van der Waals surface area contributed by atoms with Crippen LogP contribution in [0.25, 0.3) is 0 Å². The van der Waals surface area contributed by atoms with E-state index in [1.54, 1.807) is 6.07 Å². The Balaban J connectivity index is 1.73. The third-order valence-electron chi connectivity index (χ3n) is 3.53. The Morgan fingerprint density at radius 2 is 2.04 bits per heavy atom. The van der Waals surface area contributed by atoms with Crippen molar-refractivity contribution < 1.29 is 9.66 Å². The minimum absolute atomic E-state index is 0.0451. The van der Waals surface area contributed by atoms with Gasteiger partial charge in [-0.25, -0.2) is 4.98 Å². The minimum atomic E-state index is -0.481. The summed E-state index contributed by atoms with van der Waals surface area (Å²) in [6.45, 7) is 3.03. The van der Waals surface area contributed by atoms with Crippen molar-refractivity contribution in [3.8, 4) is 0 Å². The van der Waals surface area contributed by atoms with Crippen LogP contribution in [-0.2, 0) is 4.74 Å². The molecule has 1 N–H and O–H groups in total. The van der Waals surface area contributed by atoms with Crippen LogP contribution in [0.2, 0.25) is 5.02 Å². The van der Waals surface area contributed by atoms with Gasteiger partial charge in [0, 0.05) is 24.8 Å². The zero-order chi connectivity index (χ0) is 16.2. The van der Waals surface area contributed by atoms with Gasteiger partial charge in [-0.05, 0) is 24.3 Å². The fraction of sp³-hybridized carbons (Fsp3) is 0.267. The smallest absolute Gasteiger partial charge is 0.287 e. The molecule has 2 heterocycles. The lowest BCUT2D eigenvalue weighted by Gasteiger charge is -2.29. The molecule has 0 amide bonds. The van der Waals surface area contributed by atoms with E-state index in [1.165, 1.54) is 12.3 Å². The first-order valence-electron chi connectivity index (χ1n) is 7.13. The molecule has 1 aliphatic rings. The molecule has 1 saturated heterocycles. The highest BCUT2D eigenvalue weighted by atomic mass is 35.5. The maximum absolute atomic E-state index is 10.6. The maximum Gasteiger partial charge on any atom is 0.287 e. The van der Waals surface area contributed by atoms with Crippen LogP contribution in [0.4, 0.5) is 22.9 Å². The Morgan fingerprint density at radius 3 is 2.65 bits per heavy atom. The van der Waals surface area contributed by atoms with Gasteiger partial charge in [0.2, 0.25) is 0 Å². The summed E-state index contributed by atoms with van der Waals surface area (Å²) in [5.74, 6) is 0.519. The number of ether oxygens (including phenoxy) is 1.